The first-order chi connectivity index (χ1) is 12.2. The van der Waals surface area contributed by atoms with Gasteiger partial charge in [0.05, 0.1) is 5.92 Å². The van der Waals surface area contributed by atoms with Crippen molar-refractivity contribution in [2.45, 2.75) is 26.7 Å². The van der Waals surface area contributed by atoms with Crippen LogP contribution in [0.2, 0.25) is 0 Å². The van der Waals surface area contributed by atoms with Crippen molar-refractivity contribution in [3.63, 3.8) is 0 Å². The minimum atomic E-state index is -0.198. The van der Waals surface area contributed by atoms with Crippen molar-refractivity contribution in [2.75, 3.05) is 13.4 Å². The Bertz CT molecular complexity index is 764. The molecule has 0 fully saturated rings. The van der Waals surface area contributed by atoms with E-state index in [4.69, 9.17) is 14.2 Å². The fourth-order valence-corrected chi connectivity index (χ4v) is 2.67. The smallest absolute Gasteiger partial charge is 0.190 e. The number of benzene rings is 1. The van der Waals surface area contributed by atoms with Gasteiger partial charge in [-0.1, -0.05) is 37.8 Å². The first-order valence-electron chi connectivity index (χ1n) is 8.59. The van der Waals surface area contributed by atoms with Crippen molar-refractivity contribution in [2.24, 2.45) is 11.8 Å². The van der Waals surface area contributed by atoms with Gasteiger partial charge in [-0.3, -0.25) is 4.79 Å². The van der Waals surface area contributed by atoms with Gasteiger partial charge in [0.25, 0.3) is 0 Å². The predicted molar refractivity (Wildman–Crippen MR) is 95.2 cm³/mol. The Labute approximate surface area is 148 Å². The zero-order valence-electron chi connectivity index (χ0n) is 14.6. The lowest BCUT2D eigenvalue weighted by Crippen LogP contribution is -2.26. The van der Waals surface area contributed by atoms with Gasteiger partial charge in [0.15, 0.2) is 12.6 Å². The standard InChI is InChI=1S/C21H22O4/c1-3-15(2)6-5-11-23-14-24-17-10-9-16-12-18-19(22)7-4-8-20(18)25-21(16)13-17/h4,7-10,13,15,18H,3,11-12,14H2,1-2H3. The molecule has 3 rings (SSSR count). The van der Waals surface area contributed by atoms with Gasteiger partial charge in [-0.2, -0.15) is 0 Å². The van der Waals surface area contributed by atoms with Crippen LogP contribution in [0, 0.1) is 23.7 Å². The summed E-state index contributed by atoms with van der Waals surface area (Å²) < 4.78 is 16.8. The van der Waals surface area contributed by atoms with E-state index in [1.165, 1.54) is 0 Å². The van der Waals surface area contributed by atoms with Crippen molar-refractivity contribution >= 4 is 5.78 Å². The SMILES string of the molecule is CCC(C)C#CCOCOc1ccc2c(c1)OC1=CC=CC(=O)C1C2. The number of carbonyl (C=O) groups excluding carboxylic acids is 1. The molecule has 4 heteroatoms. The maximum atomic E-state index is 11.9. The minimum Gasteiger partial charge on any atom is -0.467 e. The summed E-state index contributed by atoms with van der Waals surface area (Å²) in [5.74, 6) is 8.49. The molecule has 0 amide bonds. The van der Waals surface area contributed by atoms with E-state index in [1.807, 2.05) is 24.3 Å². The fourth-order valence-electron chi connectivity index (χ4n) is 2.67. The molecule has 1 aromatic rings. The van der Waals surface area contributed by atoms with Crippen molar-refractivity contribution in [3.05, 3.63) is 47.7 Å². The van der Waals surface area contributed by atoms with Crippen LogP contribution in [0.4, 0.5) is 0 Å². The lowest BCUT2D eigenvalue weighted by atomic mass is 9.88. The molecule has 0 bridgehead atoms. The highest BCUT2D eigenvalue weighted by atomic mass is 16.7. The maximum absolute atomic E-state index is 11.9. The zero-order valence-corrected chi connectivity index (χ0v) is 14.6. The van der Waals surface area contributed by atoms with Gasteiger partial charge in [0, 0.05) is 12.0 Å². The molecule has 0 N–H and O–H groups in total. The Morgan fingerprint density at radius 2 is 2.28 bits per heavy atom. The minimum absolute atomic E-state index is 0.0929. The summed E-state index contributed by atoms with van der Waals surface area (Å²) in [5, 5.41) is 0. The topological polar surface area (TPSA) is 44.8 Å². The molecule has 2 aliphatic rings. The fraction of sp³-hybridized carbons (Fsp3) is 0.381. The summed E-state index contributed by atoms with van der Waals surface area (Å²) >= 11 is 0. The highest BCUT2D eigenvalue weighted by molar-refractivity contribution is 5.95. The van der Waals surface area contributed by atoms with Gasteiger partial charge in [-0.25, -0.2) is 0 Å². The number of ether oxygens (including phenoxy) is 3. The molecule has 2 atom stereocenters. The van der Waals surface area contributed by atoms with Gasteiger partial charge in [-0.05, 0) is 36.6 Å². The number of hydrogen-bond acceptors (Lipinski definition) is 4. The largest absolute Gasteiger partial charge is 0.467 e. The number of fused-ring (bicyclic) bond motifs is 2. The van der Waals surface area contributed by atoms with Crippen LogP contribution >= 0.6 is 0 Å². The summed E-state index contributed by atoms with van der Waals surface area (Å²) in [5.41, 5.74) is 1.01. The van der Waals surface area contributed by atoms with Crippen LogP contribution in [0.25, 0.3) is 0 Å². The monoisotopic (exact) mass is 338 g/mol. The molecular weight excluding hydrogens is 316 g/mol. The number of ketones is 1. The molecule has 4 nitrogen and oxygen atoms in total. The average molecular weight is 338 g/mol. The van der Waals surface area contributed by atoms with Crippen molar-refractivity contribution in [1.82, 2.24) is 0 Å². The number of carbonyl (C=O) groups is 1. The molecule has 0 spiro atoms. The first kappa shape index (κ1) is 17.3. The lowest BCUT2D eigenvalue weighted by Gasteiger charge is -2.27. The van der Waals surface area contributed by atoms with Crippen LogP contribution in [0.15, 0.2) is 42.2 Å². The summed E-state index contributed by atoms with van der Waals surface area (Å²) in [6, 6.07) is 5.65. The molecule has 130 valence electrons. The summed E-state index contributed by atoms with van der Waals surface area (Å²) in [7, 11) is 0. The van der Waals surface area contributed by atoms with E-state index in [1.54, 1.807) is 12.2 Å². The summed E-state index contributed by atoms with van der Waals surface area (Å²) in [4.78, 5) is 11.9. The molecule has 0 aromatic heterocycles. The van der Waals surface area contributed by atoms with Gasteiger partial charge < -0.3 is 14.2 Å². The molecule has 1 aromatic carbocycles. The Morgan fingerprint density at radius 3 is 3.12 bits per heavy atom. The van der Waals surface area contributed by atoms with Crippen molar-refractivity contribution < 1.29 is 19.0 Å². The molecule has 0 saturated carbocycles. The van der Waals surface area contributed by atoms with Gasteiger partial charge in [0.2, 0.25) is 0 Å². The van der Waals surface area contributed by atoms with Gasteiger partial charge in [0.1, 0.15) is 23.9 Å². The van der Waals surface area contributed by atoms with Crippen LogP contribution in [0.5, 0.6) is 11.5 Å². The van der Waals surface area contributed by atoms with Gasteiger partial charge >= 0.3 is 0 Å². The third kappa shape index (κ3) is 4.32. The predicted octanol–water partition coefficient (Wildman–Crippen LogP) is 3.66. The molecule has 1 heterocycles. The van der Waals surface area contributed by atoms with E-state index < -0.39 is 0 Å². The van der Waals surface area contributed by atoms with E-state index in [0.717, 1.165) is 17.7 Å². The van der Waals surface area contributed by atoms with Crippen LogP contribution < -0.4 is 9.47 Å². The zero-order chi connectivity index (χ0) is 17.6. The van der Waals surface area contributed by atoms with E-state index in [-0.39, 0.29) is 18.5 Å². The molecule has 1 aliphatic carbocycles. The Kier molecular flexibility index (Phi) is 5.57. The Morgan fingerprint density at radius 1 is 1.40 bits per heavy atom. The molecule has 25 heavy (non-hydrogen) atoms. The number of rotatable bonds is 5. The molecule has 2 unspecified atom stereocenters. The van der Waals surface area contributed by atoms with Crippen LogP contribution in [-0.4, -0.2) is 19.2 Å². The average Bonchev–Trinajstić information content (AvgIpc) is 2.63. The van der Waals surface area contributed by atoms with E-state index in [0.29, 0.717) is 30.5 Å². The second-order valence-corrected chi connectivity index (χ2v) is 6.20. The van der Waals surface area contributed by atoms with Crippen LogP contribution in [0.1, 0.15) is 25.8 Å². The third-order valence-electron chi connectivity index (χ3n) is 4.34. The molecular formula is C21H22O4. The normalized spacial score (nSPS) is 18.9. The number of allylic oxidation sites excluding steroid dienone is 4. The summed E-state index contributed by atoms with van der Waals surface area (Å²) in [6.45, 7) is 4.70. The third-order valence-corrected chi connectivity index (χ3v) is 4.34. The summed E-state index contributed by atoms with van der Waals surface area (Å²) in [6.07, 6.45) is 6.88. The highest BCUT2D eigenvalue weighted by Crippen LogP contribution is 2.37. The molecule has 0 saturated heterocycles. The second-order valence-electron chi connectivity index (χ2n) is 6.20. The molecule has 1 aliphatic heterocycles. The highest BCUT2D eigenvalue weighted by Gasteiger charge is 2.31. The van der Waals surface area contributed by atoms with Gasteiger partial charge in [-0.15, -0.1) is 0 Å². The first-order valence-corrected chi connectivity index (χ1v) is 8.59. The second kappa shape index (κ2) is 8.04. The quantitative estimate of drug-likeness (QED) is 0.467. The van der Waals surface area contributed by atoms with Crippen LogP contribution in [-0.2, 0) is 16.0 Å². The Balaban J connectivity index is 1.55. The van der Waals surface area contributed by atoms with Crippen molar-refractivity contribution in [3.8, 4) is 23.3 Å². The Hall–Kier alpha value is -2.51. The van der Waals surface area contributed by atoms with E-state index in [2.05, 4.69) is 25.7 Å². The maximum Gasteiger partial charge on any atom is 0.190 e. The lowest BCUT2D eigenvalue weighted by molar-refractivity contribution is -0.118. The van der Waals surface area contributed by atoms with Crippen molar-refractivity contribution in [1.29, 1.82) is 0 Å². The number of hydrogen-bond donors (Lipinski definition) is 0. The van der Waals surface area contributed by atoms with E-state index >= 15 is 0 Å². The molecule has 0 radical (unpaired) electrons. The van der Waals surface area contributed by atoms with E-state index in [9.17, 15) is 4.79 Å². The van der Waals surface area contributed by atoms with Crippen LogP contribution in [0.3, 0.4) is 0 Å².